The number of hydrogen-bond acceptors (Lipinski definition) is 5. The van der Waals surface area contributed by atoms with Gasteiger partial charge in [-0.25, -0.2) is 19.0 Å². The van der Waals surface area contributed by atoms with Crippen molar-refractivity contribution in [1.29, 1.82) is 0 Å². The smallest absolute Gasteiger partial charge is 0.225 e. The van der Waals surface area contributed by atoms with Crippen LogP contribution in [0.4, 0.5) is 10.3 Å². The zero-order chi connectivity index (χ0) is 19.5. The van der Waals surface area contributed by atoms with Crippen LogP contribution in [0.15, 0.2) is 42.7 Å². The topological polar surface area (TPSA) is 58.9 Å². The molecule has 1 atom stereocenters. The first-order chi connectivity index (χ1) is 13.6. The van der Waals surface area contributed by atoms with E-state index in [2.05, 4.69) is 32.2 Å². The summed E-state index contributed by atoms with van der Waals surface area (Å²) < 4.78 is 15.1. The van der Waals surface area contributed by atoms with Crippen LogP contribution < -0.4 is 10.2 Å². The fourth-order valence-electron chi connectivity index (χ4n) is 3.79. The van der Waals surface area contributed by atoms with Crippen LogP contribution in [0.1, 0.15) is 29.8 Å². The lowest BCUT2D eigenvalue weighted by atomic mass is 10.1. The van der Waals surface area contributed by atoms with E-state index in [1.165, 1.54) is 17.7 Å². The minimum atomic E-state index is -0.239. The van der Waals surface area contributed by atoms with E-state index in [0.29, 0.717) is 6.04 Å². The Kier molecular flexibility index (Phi) is 5.34. The van der Waals surface area contributed by atoms with E-state index in [9.17, 15) is 4.39 Å². The largest absolute Gasteiger partial charge is 0.339 e. The van der Waals surface area contributed by atoms with Crippen LogP contribution in [0, 0.1) is 19.7 Å². The standard InChI is InChI=1S/C21H25FN6/c1-15-20(16(2)28(26-15)19-8-6-17(22)7-9-19)13-25-18-5-3-12-27(14-18)21-23-10-4-11-24-21/h4,6-11,18,25H,3,5,12-14H2,1-2H3. The van der Waals surface area contributed by atoms with Gasteiger partial charge in [0.05, 0.1) is 11.4 Å². The summed E-state index contributed by atoms with van der Waals surface area (Å²) >= 11 is 0. The highest BCUT2D eigenvalue weighted by Crippen LogP contribution is 2.20. The van der Waals surface area contributed by atoms with Gasteiger partial charge in [-0.05, 0) is 57.0 Å². The predicted molar refractivity (Wildman–Crippen MR) is 107 cm³/mol. The van der Waals surface area contributed by atoms with Crippen molar-refractivity contribution in [2.75, 3.05) is 18.0 Å². The molecule has 1 fully saturated rings. The van der Waals surface area contributed by atoms with Gasteiger partial charge < -0.3 is 10.2 Å². The summed E-state index contributed by atoms with van der Waals surface area (Å²) in [5, 5.41) is 8.34. The maximum Gasteiger partial charge on any atom is 0.225 e. The number of halogens is 1. The molecule has 6 nitrogen and oxygen atoms in total. The molecule has 3 aromatic rings. The van der Waals surface area contributed by atoms with E-state index in [4.69, 9.17) is 0 Å². The summed E-state index contributed by atoms with van der Waals surface area (Å²) in [4.78, 5) is 11.0. The van der Waals surface area contributed by atoms with E-state index in [1.54, 1.807) is 24.5 Å². The van der Waals surface area contributed by atoms with Crippen molar-refractivity contribution in [3.05, 3.63) is 65.5 Å². The van der Waals surface area contributed by atoms with Crippen molar-refractivity contribution >= 4 is 5.95 Å². The van der Waals surface area contributed by atoms with Gasteiger partial charge in [-0.3, -0.25) is 0 Å². The second kappa shape index (κ2) is 8.06. The number of benzene rings is 1. The zero-order valence-corrected chi connectivity index (χ0v) is 16.3. The number of aromatic nitrogens is 4. The molecular weight excluding hydrogens is 355 g/mol. The van der Waals surface area contributed by atoms with Crippen LogP contribution in [-0.2, 0) is 6.54 Å². The Bertz CT molecular complexity index is 922. The first-order valence-corrected chi connectivity index (χ1v) is 9.68. The average molecular weight is 380 g/mol. The lowest BCUT2D eigenvalue weighted by Crippen LogP contribution is -2.46. The van der Waals surface area contributed by atoms with Gasteiger partial charge in [-0.15, -0.1) is 0 Å². The molecule has 1 N–H and O–H groups in total. The van der Waals surface area contributed by atoms with E-state index in [-0.39, 0.29) is 5.82 Å². The molecule has 1 saturated heterocycles. The third kappa shape index (κ3) is 3.89. The normalized spacial score (nSPS) is 17.1. The zero-order valence-electron chi connectivity index (χ0n) is 16.3. The van der Waals surface area contributed by atoms with Gasteiger partial charge in [0, 0.05) is 49.3 Å². The third-order valence-electron chi connectivity index (χ3n) is 5.34. The first-order valence-electron chi connectivity index (χ1n) is 9.68. The molecule has 1 aliphatic heterocycles. The highest BCUT2D eigenvalue weighted by atomic mass is 19.1. The van der Waals surface area contributed by atoms with Gasteiger partial charge in [-0.1, -0.05) is 0 Å². The van der Waals surface area contributed by atoms with Crippen molar-refractivity contribution in [3.8, 4) is 5.69 Å². The molecule has 0 saturated carbocycles. The van der Waals surface area contributed by atoms with Crippen LogP contribution in [0.3, 0.4) is 0 Å². The quantitative estimate of drug-likeness (QED) is 0.737. The van der Waals surface area contributed by atoms with Crippen molar-refractivity contribution < 1.29 is 4.39 Å². The minimum Gasteiger partial charge on any atom is -0.339 e. The van der Waals surface area contributed by atoms with Gasteiger partial charge in [0.1, 0.15) is 5.82 Å². The summed E-state index contributed by atoms with van der Waals surface area (Å²) in [5.74, 6) is 0.557. The Morgan fingerprint density at radius 3 is 2.64 bits per heavy atom. The molecule has 0 radical (unpaired) electrons. The predicted octanol–water partition coefficient (Wildman–Crippen LogP) is 3.18. The summed E-state index contributed by atoms with van der Waals surface area (Å²) in [7, 11) is 0. The molecule has 0 amide bonds. The maximum atomic E-state index is 13.2. The van der Waals surface area contributed by atoms with Gasteiger partial charge in [0.25, 0.3) is 0 Å². The van der Waals surface area contributed by atoms with Crippen molar-refractivity contribution in [3.63, 3.8) is 0 Å². The Labute approximate surface area is 164 Å². The van der Waals surface area contributed by atoms with Crippen LogP contribution in [0.5, 0.6) is 0 Å². The Morgan fingerprint density at radius 2 is 1.89 bits per heavy atom. The third-order valence-corrected chi connectivity index (χ3v) is 5.34. The number of hydrogen-bond donors (Lipinski definition) is 1. The molecule has 146 valence electrons. The lowest BCUT2D eigenvalue weighted by molar-refractivity contribution is 0.417. The van der Waals surface area contributed by atoms with E-state index in [1.807, 2.05) is 17.7 Å². The van der Waals surface area contributed by atoms with Crippen molar-refractivity contribution in [2.45, 2.75) is 39.3 Å². The molecule has 28 heavy (non-hydrogen) atoms. The minimum absolute atomic E-state index is 0.239. The number of piperidine rings is 1. The van der Waals surface area contributed by atoms with Crippen molar-refractivity contribution in [1.82, 2.24) is 25.1 Å². The second-order valence-corrected chi connectivity index (χ2v) is 7.25. The van der Waals surface area contributed by atoms with Gasteiger partial charge in [0.15, 0.2) is 0 Å². The summed E-state index contributed by atoms with van der Waals surface area (Å²) in [6.45, 7) is 6.73. The Hall–Kier alpha value is -2.80. The summed E-state index contributed by atoms with van der Waals surface area (Å²) in [5.41, 5.74) is 4.14. The maximum absolute atomic E-state index is 13.2. The summed E-state index contributed by atoms with van der Waals surface area (Å²) in [6.07, 6.45) is 5.82. The molecule has 0 spiro atoms. The number of rotatable bonds is 5. The van der Waals surface area contributed by atoms with Crippen LogP contribution >= 0.6 is 0 Å². The van der Waals surface area contributed by atoms with E-state index < -0.39 is 0 Å². The Morgan fingerprint density at radius 1 is 1.14 bits per heavy atom. The molecule has 7 heteroatoms. The molecule has 2 aromatic heterocycles. The number of nitrogens with zero attached hydrogens (tertiary/aromatic N) is 5. The SMILES string of the molecule is Cc1nn(-c2ccc(F)cc2)c(C)c1CNC1CCCN(c2ncccn2)C1. The van der Waals surface area contributed by atoms with E-state index in [0.717, 1.165) is 55.5 Å². The highest BCUT2D eigenvalue weighted by Gasteiger charge is 2.22. The van der Waals surface area contributed by atoms with Gasteiger partial charge >= 0.3 is 0 Å². The summed E-state index contributed by atoms with van der Waals surface area (Å²) in [6, 6.07) is 8.66. The molecule has 1 unspecified atom stereocenters. The average Bonchev–Trinajstić information content (AvgIpc) is 3.01. The molecule has 3 heterocycles. The molecule has 1 aromatic carbocycles. The molecular formula is C21H25FN6. The molecule has 4 rings (SSSR count). The first kappa shape index (κ1) is 18.6. The van der Waals surface area contributed by atoms with Gasteiger partial charge in [0.2, 0.25) is 5.95 Å². The molecule has 1 aliphatic rings. The fraction of sp³-hybridized carbons (Fsp3) is 0.381. The van der Waals surface area contributed by atoms with Gasteiger partial charge in [-0.2, -0.15) is 5.10 Å². The van der Waals surface area contributed by atoms with Crippen LogP contribution in [-0.4, -0.2) is 38.9 Å². The number of aryl methyl sites for hydroxylation is 1. The molecule has 0 aliphatic carbocycles. The van der Waals surface area contributed by atoms with Crippen LogP contribution in [0.2, 0.25) is 0 Å². The lowest BCUT2D eigenvalue weighted by Gasteiger charge is -2.33. The number of nitrogens with one attached hydrogen (secondary N) is 1. The van der Waals surface area contributed by atoms with E-state index >= 15 is 0 Å². The fourth-order valence-corrected chi connectivity index (χ4v) is 3.79. The highest BCUT2D eigenvalue weighted by molar-refractivity contribution is 5.37. The van der Waals surface area contributed by atoms with Crippen molar-refractivity contribution in [2.24, 2.45) is 0 Å². The monoisotopic (exact) mass is 380 g/mol. The molecule has 0 bridgehead atoms. The Balaban J connectivity index is 1.44. The second-order valence-electron chi connectivity index (χ2n) is 7.25. The number of anilines is 1. The van der Waals surface area contributed by atoms with Crippen LogP contribution in [0.25, 0.3) is 5.69 Å².